The largest absolute Gasteiger partial charge is 0.282 e. The summed E-state index contributed by atoms with van der Waals surface area (Å²) in [5.74, 6) is -0.823. The SMILES string of the molecule is O=C1NN(c2cccc(Cl)c2)C(=O)/C1=C\c1ccccc1I. The number of nitrogens with zero attached hydrogens (tertiary/aromatic N) is 1. The van der Waals surface area contributed by atoms with Gasteiger partial charge in [0.25, 0.3) is 11.8 Å². The first-order chi connectivity index (χ1) is 10.6. The number of carbonyl (C=O) groups is 2. The van der Waals surface area contributed by atoms with Crippen molar-refractivity contribution in [1.82, 2.24) is 5.43 Å². The van der Waals surface area contributed by atoms with Crippen LogP contribution in [0.25, 0.3) is 6.08 Å². The van der Waals surface area contributed by atoms with E-state index in [1.807, 2.05) is 24.3 Å². The predicted molar refractivity (Wildman–Crippen MR) is 94.2 cm³/mol. The van der Waals surface area contributed by atoms with Gasteiger partial charge in [-0.1, -0.05) is 35.9 Å². The van der Waals surface area contributed by atoms with E-state index in [-0.39, 0.29) is 5.57 Å². The molecule has 110 valence electrons. The fourth-order valence-corrected chi connectivity index (χ4v) is 2.83. The van der Waals surface area contributed by atoms with E-state index in [9.17, 15) is 9.59 Å². The van der Waals surface area contributed by atoms with Crippen LogP contribution in [0.1, 0.15) is 5.56 Å². The van der Waals surface area contributed by atoms with Crippen LogP contribution in [0.15, 0.2) is 54.1 Å². The molecule has 1 saturated heterocycles. The Bertz CT molecular complexity index is 804. The zero-order chi connectivity index (χ0) is 15.7. The van der Waals surface area contributed by atoms with Crippen molar-refractivity contribution in [2.75, 3.05) is 5.01 Å². The van der Waals surface area contributed by atoms with Gasteiger partial charge in [0.2, 0.25) is 0 Å². The highest BCUT2D eigenvalue weighted by molar-refractivity contribution is 14.1. The summed E-state index contributed by atoms with van der Waals surface area (Å²) in [5.41, 5.74) is 4.01. The van der Waals surface area contributed by atoms with Gasteiger partial charge in [-0.2, -0.15) is 0 Å². The Morgan fingerprint density at radius 3 is 2.59 bits per heavy atom. The predicted octanol–water partition coefficient (Wildman–Crippen LogP) is 3.41. The summed E-state index contributed by atoms with van der Waals surface area (Å²) in [4.78, 5) is 24.6. The van der Waals surface area contributed by atoms with Gasteiger partial charge in [-0.15, -0.1) is 0 Å². The van der Waals surface area contributed by atoms with Gasteiger partial charge in [0.15, 0.2) is 0 Å². The van der Waals surface area contributed by atoms with E-state index < -0.39 is 11.8 Å². The summed E-state index contributed by atoms with van der Waals surface area (Å²) in [6, 6.07) is 14.3. The van der Waals surface area contributed by atoms with Crippen molar-refractivity contribution in [2.24, 2.45) is 0 Å². The van der Waals surface area contributed by atoms with Gasteiger partial charge >= 0.3 is 0 Å². The molecule has 0 unspecified atom stereocenters. The molecule has 2 aromatic carbocycles. The van der Waals surface area contributed by atoms with Crippen LogP contribution in [0.4, 0.5) is 5.69 Å². The Hall–Kier alpha value is -1.86. The molecule has 0 saturated carbocycles. The van der Waals surface area contributed by atoms with E-state index in [0.717, 1.165) is 9.13 Å². The fraction of sp³-hybridized carbons (Fsp3) is 0. The van der Waals surface area contributed by atoms with Gasteiger partial charge in [-0.25, -0.2) is 5.01 Å². The summed E-state index contributed by atoms with van der Waals surface area (Å²) >= 11 is 8.09. The average molecular weight is 425 g/mol. The lowest BCUT2D eigenvalue weighted by Crippen LogP contribution is -2.35. The minimum Gasteiger partial charge on any atom is -0.267 e. The topological polar surface area (TPSA) is 49.4 Å². The minimum absolute atomic E-state index is 0.101. The molecule has 0 atom stereocenters. The molecule has 1 heterocycles. The van der Waals surface area contributed by atoms with Crippen molar-refractivity contribution in [3.63, 3.8) is 0 Å². The Morgan fingerprint density at radius 2 is 1.86 bits per heavy atom. The van der Waals surface area contributed by atoms with Crippen molar-refractivity contribution >= 4 is 57.8 Å². The molecule has 0 bridgehead atoms. The summed E-state index contributed by atoms with van der Waals surface area (Å²) in [6.45, 7) is 0. The van der Waals surface area contributed by atoms with Crippen molar-refractivity contribution in [3.8, 4) is 0 Å². The molecule has 3 rings (SSSR count). The van der Waals surface area contributed by atoms with Gasteiger partial charge in [-0.05, 0) is 58.5 Å². The molecular formula is C16H10ClIN2O2. The number of hydrazine groups is 1. The van der Waals surface area contributed by atoms with Gasteiger partial charge in [0.1, 0.15) is 5.57 Å². The summed E-state index contributed by atoms with van der Waals surface area (Å²) in [6.07, 6.45) is 1.60. The molecule has 0 aromatic heterocycles. The maximum absolute atomic E-state index is 12.5. The third-order valence-electron chi connectivity index (χ3n) is 3.16. The van der Waals surface area contributed by atoms with E-state index >= 15 is 0 Å². The number of hydrogen-bond acceptors (Lipinski definition) is 2. The second-order valence-corrected chi connectivity index (χ2v) is 6.24. The second kappa shape index (κ2) is 6.10. The molecule has 0 radical (unpaired) electrons. The number of nitrogens with one attached hydrogen (secondary N) is 1. The van der Waals surface area contributed by atoms with Crippen LogP contribution in [0.3, 0.4) is 0 Å². The van der Waals surface area contributed by atoms with Crippen molar-refractivity contribution < 1.29 is 9.59 Å². The quantitative estimate of drug-likeness (QED) is 0.456. The Labute approximate surface area is 145 Å². The van der Waals surface area contributed by atoms with Crippen LogP contribution in [-0.4, -0.2) is 11.8 Å². The Kier molecular flexibility index (Phi) is 4.17. The molecule has 1 fully saturated rings. The monoisotopic (exact) mass is 424 g/mol. The zero-order valence-corrected chi connectivity index (χ0v) is 14.1. The van der Waals surface area contributed by atoms with Crippen LogP contribution in [0, 0.1) is 3.57 Å². The number of amides is 2. The van der Waals surface area contributed by atoms with Crippen LogP contribution < -0.4 is 10.4 Å². The normalized spacial score (nSPS) is 16.3. The van der Waals surface area contributed by atoms with E-state index in [1.165, 1.54) is 5.01 Å². The molecule has 4 nitrogen and oxygen atoms in total. The molecule has 1 aliphatic rings. The first-order valence-electron chi connectivity index (χ1n) is 6.43. The van der Waals surface area contributed by atoms with Crippen LogP contribution >= 0.6 is 34.2 Å². The molecule has 2 aromatic rings. The van der Waals surface area contributed by atoms with Gasteiger partial charge in [0.05, 0.1) is 5.69 Å². The van der Waals surface area contributed by atoms with Crippen molar-refractivity contribution in [3.05, 3.63) is 68.3 Å². The first kappa shape index (κ1) is 15.1. The van der Waals surface area contributed by atoms with Gasteiger partial charge in [0, 0.05) is 8.59 Å². The number of halogens is 2. The molecule has 2 amide bonds. The summed E-state index contributed by atoms with van der Waals surface area (Å²) in [5, 5.41) is 1.70. The van der Waals surface area contributed by atoms with Gasteiger partial charge in [-0.3, -0.25) is 15.0 Å². The molecule has 1 N–H and O–H groups in total. The van der Waals surface area contributed by atoms with Crippen LogP contribution in [0.5, 0.6) is 0 Å². The van der Waals surface area contributed by atoms with Crippen LogP contribution in [0.2, 0.25) is 5.02 Å². The molecule has 1 aliphatic heterocycles. The highest BCUT2D eigenvalue weighted by atomic mass is 127. The lowest BCUT2D eigenvalue weighted by Gasteiger charge is -2.14. The second-order valence-electron chi connectivity index (χ2n) is 4.64. The minimum atomic E-state index is -0.426. The standard InChI is InChI=1S/C16H10ClIN2O2/c17-11-5-3-6-12(9-11)20-16(22)13(15(21)19-20)8-10-4-1-2-7-14(10)18/h1-9H,(H,19,21)/b13-8-. The van der Waals surface area contributed by atoms with Crippen LogP contribution in [-0.2, 0) is 9.59 Å². The first-order valence-corrected chi connectivity index (χ1v) is 7.89. The van der Waals surface area contributed by atoms with E-state index in [2.05, 4.69) is 28.0 Å². The molecule has 0 aliphatic carbocycles. The maximum Gasteiger partial charge on any atom is 0.282 e. The lowest BCUT2D eigenvalue weighted by molar-refractivity contribution is -0.117. The molecular weight excluding hydrogens is 415 g/mol. The van der Waals surface area contributed by atoms with Crippen molar-refractivity contribution in [1.29, 1.82) is 0 Å². The third kappa shape index (κ3) is 2.86. The molecule has 6 heteroatoms. The smallest absolute Gasteiger partial charge is 0.267 e. The fourth-order valence-electron chi connectivity index (χ4n) is 2.10. The number of rotatable bonds is 2. The number of benzene rings is 2. The Morgan fingerprint density at radius 1 is 1.09 bits per heavy atom. The molecule has 0 spiro atoms. The number of hydrogen-bond donors (Lipinski definition) is 1. The summed E-state index contributed by atoms with van der Waals surface area (Å²) in [7, 11) is 0. The van der Waals surface area contributed by atoms with Crippen molar-refractivity contribution in [2.45, 2.75) is 0 Å². The van der Waals surface area contributed by atoms with E-state index in [0.29, 0.717) is 10.7 Å². The Balaban J connectivity index is 1.97. The van der Waals surface area contributed by atoms with Gasteiger partial charge < -0.3 is 0 Å². The average Bonchev–Trinajstić information content (AvgIpc) is 2.77. The third-order valence-corrected chi connectivity index (χ3v) is 4.38. The lowest BCUT2D eigenvalue weighted by atomic mass is 10.1. The van der Waals surface area contributed by atoms with E-state index in [1.54, 1.807) is 30.3 Å². The number of anilines is 1. The zero-order valence-electron chi connectivity index (χ0n) is 11.2. The van der Waals surface area contributed by atoms with E-state index in [4.69, 9.17) is 11.6 Å². The highest BCUT2D eigenvalue weighted by Crippen LogP contribution is 2.24. The number of carbonyl (C=O) groups excluding carboxylic acids is 2. The summed E-state index contributed by atoms with van der Waals surface area (Å²) < 4.78 is 0.967. The molecule has 22 heavy (non-hydrogen) atoms. The maximum atomic E-state index is 12.5. The highest BCUT2D eigenvalue weighted by Gasteiger charge is 2.34.